The van der Waals surface area contributed by atoms with E-state index in [-0.39, 0.29) is 53.4 Å². The minimum atomic E-state index is -2.87. The van der Waals surface area contributed by atoms with Crippen molar-refractivity contribution in [2.45, 2.75) is 116 Å². The quantitative estimate of drug-likeness (QED) is 0.109. The Morgan fingerprint density at radius 3 is 2.19 bits per heavy atom. The van der Waals surface area contributed by atoms with Crippen molar-refractivity contribution >= 4 is 36.6 Å². The van der Waals surface area contributed by atoms with Gasteiger partial charge in [-0.25, -0.2) is 0 Å². The number of carbonyl (C=O) groups is 2. The molecule has 7 rings (SSSR count). The molecule has 0 bridgehead atoms. The van der Waals surface area contributed by atoms with Crippen LogP contribution in [0.3, 0.4) is 0 Å². The van der Waals surface area contributed by atoms with Crippen LogP contribution in [-0.2, 0) is 25.4 Å². The van der Waals surface area contributed by atoms with Crippen LogP contribution in [0, 0.1) is 17.8 Å². The number of aliphatic hydroxyl groups is 1. The second-order valence-electron chi connectivity index (χ2n) is 16.7. The molecule has 1 aromatic heterocycles. The summed E-state index contributed by atoms with van der Waals surface area (Å²) in [6.07, 6.45) is 11.2. The summed E-state index contributed by atoms with van der Waals surface area (Å²) in [5, 5.41) is 11.8. The number of hydrogen-bond donors (Lipinski definition) is 1. The number of hydrogen-bond acceptors (Lipinski definition) is 6. The number of rotatable bonds is 13. The van der Waals surface area contributed by atoms with Gasteiger partial charge >= 0.3 is 0 Å². The zero-order chi connectivity index (χ0) is 37.2. The Morgan fingerprint density at radius 1 is 0.906 bits per heavy atom. The van der Waals surface area contributed by atoms with Gasteiger partial charge in [0.05, 0.1) is 31.2 Å². The van der Waals surface area contributed by atoms with Gasteiger partial charge in [0.25, 0.3) is 8.32 Å². The van der Waals surface area contributed by atoms with Gasteiger partial charge in [-0.1, -0.05) is 120 Å². The van der Waals surface area contributed by atoms with Crippen LogP contribution in [0.1, 0.15) is 103 Å². The van der Waals surface area contributed by atoms with E-state index in [0.29, 0.717) is 25.4 Å². The van der Waals surface area contributed by atoms with E-state index in [4.69, 9.17) is 13.6 Å². The molecule has 2 saturated heterocycles. The number of furan rings is 1. The van der Waals surface area contributed by atoms with E-state index in [2.05, 4.69) is 94.4 Å². The van der Waals surface area contributed by atoms with Gasteiger partial charge in [-0.3, -0.25) is 14.5 Å². The van der Waals surface area contributed by atoms with Crippen molar-refractivity contribution in [1.29, 1.82) is 0 Å². The smallest absolute Gasteiger partial charge is 0.261 e. The summed E-state index contributed by atoms with van der Waals surface area (Å²) >= 11 is 0. The van der Waals surface area contributed by atoms with E-state index in [1.54, 1.807) is 4.90 Å². The van der Waals surface area contributed by atoms with Crippen LogP contribution >= 0.6 is 0 Å². The number of ether oxygens (including phenoxy) is 1. The fraction of sp³-hybridized carbons (Fsp3) is 0.511. The van der Waals surface area contributed by atoms with Gasteiger partial charge in [0.15, 0.2) is 0 Å². The van der Waals surface area contributed by atoms with Gasteiger partial charge in [-0.15, -0.1) is 0 Å². The van der Waals surface area contributed by atoms with E-state index >= 15 is 0 Å². The highest BCUT2D eigenvalue weighted by Gasteiger charge is 2.59. The molecular weight excluding hydrogens is 679 g/mol. The number of fused-ring (bicyclic) bond motifs is 3. The maximum absolute atomic E-state index is 14.4. The molecular formula is C45H57NO6Si. The lowest BCUT2D eigenvalue weighted by atomic mass is 9.69. The van der Waals surface area contributed by atoms with E-state index in [0.717, 1.165) is 62.7 Å². The second kappa shape index (κ2) is 16.0. The van der Waals surface area contributed by atoms with Gasteiger partial charge in [0.2, 0.25) is 11.8 Å². The molecule has 1 N–H and O–H groups in total. The molecule has 0 unspecified atom stereocenters. The molecule has 2 aliphatic heterocycles. The third kappa shape index (κ3) is 7.32. The molecule has 0 spiro atoms. The first-order valence-corrected chi connectivity index (χ1v) is 21.9. The molecule has 1 saturated carbocycles. The molecule has 4 aliphatic rings. The maximum Gasteiger partial charge on any atom is 0.261 e. The fourth-order valence-corrected chi connectivity index (χ4v) is 14.5. The molecule has 2 aliphatic carbocycles. The van der Waals surface area contributed by atoms with Crippen molar-refractivity contribution in [1.82, 2.24) is 4.90 Å². The first-order chi connectivity index (χ1) is 25.7. The molecule has 8 heteroatoms. The summed E-state index contributed by atoms with van der Waals surface area (Å²) in [6, 6.07) is 25.2. The minimum Gasteiger partial charge on any atom is -0.459 e. The van der Waals surface area contributed by atoms with Crippen LogP contribution < -0.4 is 10.4 Å². The van der Waals surface area contributed by atoms with E-state index in [1.165, 1.54) is 27.9 Å². The average molecular weight is 736 g/mol. The van der Waals surface area contributed by atoms with Crippen molar-refractivity contribution in [2.24, 2.45) is 17.8 Å². The van der Waals surface area contributed by atoms with Crippen LogP contribution in [0.4, 0.5) is 0 Å². The highest BCUT2D eigenvalue weighted by atomic mass is 28.4. The van der Waals surface area contributed by atoms with Crippen LogP contribution in [0.2, 0.25) is 5.04 Å². The Balaban J connectivity index is 1.25. The number of amides is 2. The van der Waals surface area contributed by atoms with Gasteiger partial charge in [-0.05, 0) is 83.3 Å². The standard InChI is InChI=1S/C45H57NO6Si/c1-5-15-31(26-34-23-24-35(28-47)52-34)22-25-40-41-32(27-38-42(39(41)30-50-40)44(49)46(43(38)48)33-16-9-6-10-17-33)29-51-53(45(2,3)4,36-18-11-7-12-19-36)37-20-13-8-14-21-37/h7-8,11-14,18-21,23-24,26,33,38-40,42,47H,5-6,9-10,15-17,22,25,27-30H2,1-4H3/b31-26+/t38-,39+,40-,42-/m1/s1. The predicted octanol–water partition coefficient (Wildman–Crippen LogP) is 7.96. The van der Waals surface area contributed by atoms with Crippen LogP contribution in [0.25, 0.3) is 6.08 Å². The van der Waals surface area contributed by atoms with Crippen molar-refractivity contribution < 1.29 is 28.3 Å². The third-order valence-corrected chi connectivity index (χ3v) is 17.3. The summed E-state index contributed by atoms with van der Waals surface area (Å²) in [5.41, 5.74) is 3.62. The molecule has 4 atom stereocenters. The summed E-state index contributed by atoms with van der Waals surface area (Å²) < 4.78 is 20.1. The van der Waals surface area contributed by atoms with Gasteiger partial charge in [-0.2, -0.15) is 0 Å². The highest BCUT2D eigenvalue weighted by molar-refractivity contribution is 6.99. The third-order valence-electron chi connectivity index (χ3n) is 12.3. The van der Waals surface area contributed by atoms with E-state index in [9.17, 15) is 14.7 Å². The number of imide groups is 1. The zero-order valence-corrected chi connectivity index (χ0v) is 33.0. The monoisotopic (exact) mass is 735 g/mol. The molecule has 53 heavy (non-hydrogen) atoms. The fourth-order valence-electron chi connectivity index (χ4n) is 9.95. The Hall–Kier alpha value is -3.56. The predicted molar refractivity (Wildman–Crippen MR) is 211 cm³/mol. The largest absolute Gasteiger partial charge is 0.459 e. The summed E-state index contributed by atoms with van der Waals surface area (Å²) in [5.74, 6) is 0.484. The molecule has 282 valence electrons. The van der Waals surface area contributed by atoms with Crippen molar-refractivity contribution in [3.05, 3.63) is 101 Å². The molecule has 3 fully saturated rings. The Labute approximate surface area is 316 Å². The van der Waals surface area contributed by atoms with Crippen molar-refractivity contribution in [2.75, 3.05) is 13.2 Å². The molecule has 2 amide bonds. The Morgan fingerprint density at radius 2 is 1.58 bits per heavy atom. The Bertz CT molecular complexity index is 1760. The summed E-state index contributed by atoms with van der Waals surface area (Å²) in [7, 11) is -2.87. The van der Waals surface area contributed by atoms with Gasteiger partial charge < -0.3 is 18.7 Å². The number of carbonyl (C=O) groups excluding carboxylic acids is 2. The number of aliphatic hydroxyl groups excluding tert-OH is 1. The van der Waals surface area contributed by atoms with Crippen LogP contribution in [-0.4, -0.2) is 55.5 Å². The maximum atomic E-state index is 14.4. The minimum absolute atomic E-state index is 0.0161. The Kier molecular flexibility index (Phi) is 11.4. The van der Waals surface area contributed by atoms with Gasteiger partial charge in [0.1, 0.15) is 18.1 Å². The first kappa shape index (κ1) is 37.7. The van der Waals surface area contributed by atoms with Crippen molar-refractivity contribution in [3.8, 4) is 0 Å². The van der Waals surface area contributed by atoms with Crippen LogP contribution in [0.5, 0.6) is 0 Å². The van der Waals surface area contributed by atoms with E-state index in [1.807, 2.05) is 12.1 Å². The molecule has 2 aromatic carbocycles. The first-order valence-electron chi connectivity index (χ1n) is 20.0. The topological polar surface area (TPSA) is 89.2 Å². The molecule has 0 radical (unpaired) electrons. The van der Waals surface area contributed by atoms with Gasteiger partial charge in [0, 0.05) is 12.0 Å². The van der Waals surface area contributed by atoms with Crippen LogP contribution in [0.15, 0.2) is 93.9 Å². The number of allylic oxidation sites excluding steroid dienone is 1. The second-order valence-corrected chi connectivity index (χ2v) is 21.0. The molecule has 3 heterocycles. The lowest BCUT2D eigenvalue weighted by Gasteiger charge is -2.44. The highest BCUT2D eigenvalue weighted by Crippen LogP contribution is 2.51. The zero-order valence-electron chi connectivity index (χ0n) is 32.0. The molecule has 3 aromatic rings. The average Bonchev–Trinajstić information content (AvgIpc) is 3.87. The number of likely N-dealkylation sites (tertiary alicyclic amines) is 1. The normalized spacial score (nSPS) is 24.2. The number of benzene rings is 2. The van der Waals surface area contributed by atoms with Crippen molar-refractivity contribution in [3.63, 3.8) is 0 Å². The van der Waals surface area contributed by atoms with E-state index < -0.39 is 8.32 Å². The number of nitrogens with zero attached hydrogens (tertiary/aromatic N) is 1. The summed E-state index contributed by atoms with van der Waals surface area (Å²) in [6.45, 7) is 9.80. The lowest BCUT2D eigenvalue weighted by Crippen LogP contribution is -2.66. The summed E-state index contributed by atoms with van der Waals surface area (Å²) in [4.78, 5) is 30.4. The SMILES string of the molecule is CCC/C(=C\c1ccc(CO)o1)CC[C@H]1OC[C@H]2C1=C(CO[Si](c1ccccc1)(c1ccccc1)C(C)(C)C)C[C@H]1C(=O)N(C3CCCCC3)C(=O)[C@H]12. The lowest BCUT2D eigenvalue weighted by molar-refractivity contribution is -0.143. The molecule has 7 nitrogen and oxygen atoms in total.